The Morgan fingerprint density at radius 2 is 1.80 bits per heavy atom. The van der Waals surface area contributed by atoms with E-state index in [1.807, 2.05) is 19.6 Å². The van der Waals surface area contributed by atoms with Crippen molar-refractivity contribution in [3.8, 4) is 6.07 Å². The van der Waals surface area contributed by atoms with Crippen LogP contribution in [-0.4, -0.2) is 8.32 Å². The number of nitrogens with zero attached hydrogens (tertiary/aromatic N) is 1. The van der Waals surface area contributed by atoms with E-state index in [4.69, 9.17) is 9.69 Å². The van der Waals surface area contributed by atoms with Crippen molar-refractivity contribution in [2.75, 3.05) is 0 Å². The molecular formula is C11H14FNOSi. The summed E-state index contributed by atoms with van der Waals surface area (Å²) in [6.45, 7) is 6.04. The van der Waals surface area contributed by atoms with Crippen molar-refractivity contribution in [2.45, 2.75) is 25.7 Å². The summed E-state index contributed by atoms with van der Waals surface area (Å²) in [7, 11) is -1.75. The summed E-state index contributed by atoms with van der Waals surface area (Å²) in [6.07, 6.45) is -0.586. The van der Waals surface area contributed by atoms with Crippen LogP contribution in [0.1, 0.15) is 11.7 Å². The van der Waals surface area contributed by atoms with Gasteiger partial charge in [-0.2, -0.15) is 5.26 Å². The molecule has 0 bridgehead atoms. The molecule has 0 N–H and O–H groups in total. The first-order valence-corrected chi connectivity index (χ1v) is 8.16. The van der Waals surface area contributed by atoms with Gasteiger partial charge in [-0.15, -0.1) is 0 Å². The van der Waals surface area contributed by atoms with Crippen LogP contribution in [0.5, 0.6) is 0 Å². The fourth-order valence-corrected chi connectivity index (χ4v) is 2.06. The Bertz CT molecular complexity index is 364. The number of hydrogen-bond acceptors (Lipinski definition) is 2. The molecule has 0 saturated carbocycles. The van der Waals surface area contributed by atoms with Crippen molar-refractivity contribution < 1.29 is 8.82 Å². The van der Waals surface area contributed by atoms with Crippen LogP contribution in [0.15, 0.2) is 24.3 Å². The minimum atomic E-state index is -1.75. The van der Waals surface area contributed by atoms with Gasteiger partial charge < -0.3 is 4.43 Å². The van der Waals surface area contributed by atoms with E-state index >= 15 is 0 Å². The molecule has 0 aliphatic heterocycles. The third kappa shape index (κ3) is 3.82. The van der Waals surface area contributed by atoms with E-state index in [9.17, 15) is 4.39 Å². The summed E-state index contributed by atoms with van der Waals surface area (Å²) in [6, 6.07) is 7.94. The molecule has 80 valence electrons. The second-order valence-corrected chi connectivity index (χ2v) is 8.75. The van der Waals surface area contributed by atoms with E-state index in [0.29, 0.717) is 5.56 Å². The third-order valence-corrected chi connectivity index (χ3v) is 2.70. The second kappa shape index (κ2) is 4.56. The molecule has 0 spiro atoms. The smallest absolute Gasteiger partial charge is 0.186 e. The van der Waals surface area contributed by atoms with Crippen LogP contribution < -0.4 is 0 Å². The SMILES string of the molecule is C[Si](C)(C)O[C@H](C#N)c1ccc(F)cc1. The van der Waals surface area contributed by atoms with Crippen LogP contribution in [0.25, 0.3) is 0 Å². The lowest BCUT2D eigenvalue weighted by Crippen LogP contribution is -2.27. The first-order chi connectivity index (χ1) is 6.92. The molecule has 2 nitrogen and oxygen atoms in total. The van der Waals surface area contributed by atoms with Gasteiger partial charge in [-0.1, -0.05) is 12.1 Å². The van der Waals surface area contributed by atoms with Gasteiger partial charge in [0.1, 0.15) is 5.82 Å². The molecule has 0 aliphatic rings. The average molecular weight is 223 g/mol. The fraction of sp³-hybridized carbons (Fsp3) is 0.364. The lowest BCUT2D eigenvalue weighted by molar-refractivity contribution is 0.255. The van der Waals surface area contributed by atoms with E-state index in [1.54, 1.807) is 12.1 Å². The Morgan fingerprint density at radius 3 is 2.20 bits per heavy atom. The first kappa shape index (κ1) is 11.9. The Balaban J connectivity index is 2.85. The zero-order valence-corrected chi connectivity index (χ0v) is 10.1. The monoisotopic (exact) mass is 223 g/mol. The van der Waals surface area contributed by atoms with E-state index in [-0.39, 0.29) is 5.82 Å². The minimum Gasteiger partial charge on any atom is -0.399 e. The highest BCUT2D eigenvalue weighted by Gasteiger charge is 2.21. The van der Waals surface area contributed by atoms with Gasteiger partial charge in [0.15, 0.2) is 14.4 Å². The van der Waals surface area contributed by atoms with Crippen LogP contribution in [0, 0.1) is 17.1 Å². The molecule has 0 aromatic heterocycles. The van der Waals surface area contributed by atoms with Gasteiger partial charge >= 0.3 is 0 Å². The number of hydrogen-bond donors (Lipinski definition) is 0. The summed E-state index contributed by atoms with van der Waals surface area (Å²) < 4.78 is 18.3. The highest BCUT2D eigenvalue weighted by atomic mass is 28.4. The summed E-state index contributed by atoms with van der Waals surface area (Å²) >= 11 is 0. The standard InChI is InChI=1S/C11H14FNOSi/c1-15(2,3)14-11(8-13)9-4-6-10(12)7-5-9/h4-7,11H,1-3H3/t11-/m1/s1. The Morgan fingerprint density at radius 1 is 1.27 bits per heavy atom. The van der Waals surface area contributed by atoms with Gasteiger partial charge in [-0.05, 0) is 37.3 Å². The van der Waals surface area contributed by atoms with Gasteiger partial charge in [0, 0.05) is 0 Å². The third-order valence-electron chi connectivity index (χ3n) is 1.76. The van der Waals surface area contributed by atoms with Crippen LogP contribution >= 0.6 is 0 Å². The maximum atomic E-state index is 12.7. The zero-order chi connectivity index (χ0) is 11.5. The molecule has 1 aromatic carbocycles. The second-order valence-electron chi connectivity index (χ2n) is 4.29. The molecule has 0 radical (unpaired) electrons. The molecule has 0 saturated heterocycles. The van der Waals surface area contributed by atoms with Crippen LogP contribution in [-0.2, 0) is 4.43 Å². The fourth-order valence-electron chi connectivity index (χ4n) is 1.16. The number of rotatable bonds is 3. The molecular weight excluding hydrogens is 209 g/mol. The largest absolute Gasteiger partial charge is 0.399 e. The van der Waals surface area contributed by atoms with Crippen molar-refractivity contribution in [2.24, 2.45) is 0 Å². The quantitative estimate of drug-likeness (QED) is 0.737. The normalized spacial score (nSPS) is 13.3. The van der Waals surface area contributed by atoms with Crippen molar-refractivity contribution >= 4 is 8.32 Å². The summed E-state index contributed by atoms with van der Waals surface area (Å²) in [4.78, 5) is 0. The molecule has 0 heterocycles. The Labute approximate surface area is 90.4 Å². The molecule has 0 fully saturated rings. The van der Waals surface area contributed by atoms with Gasteiger partial charge in [-0.3, -0.25) is 0 Å². The van der Waals surface area contributed by atoms with E-state index < -0.39 is 14.4 Å². The molecule has 0 unspecified atom stereocenters. The summed E-state index contributed by atoms with van der Waals surface area (Å²) in [5.41, 5.74) is 0.710. The van der Waals surface area contributed by atoms with Gasteiger partial charge in [0.2, 0.25) is 0 Å². The highest BCUT2D eigenvalue weighted by Crippen LogP contribution is 2.21. The highest BCUT2D eigenvalue weighted by molar-refractivity contribution is 6.69. The lowest BCUT2D eigenvalue weighted by Gasteiger charge is -2.21. The lowest BCUT2D eigenvalue weighted by atomic mass is 10.1. The van der Waals surface area contributed by atoms with E-state index in [2.05, 4.69) is 6.07 Å². The summed E-state index contributed by atoms with van der Waals surface area (Å²) in [5.74, 6) is -0.302. The molecule has 1 atom stereocenters. The van der Waals surface area contributed by atoms with E-state index in [0.717, 1.165) is 0 Å². The minimum absolute atomic E-state index is 0.302. The Kier molecular flexibility index (Phi) is 3.61. The average Bonchev–Trinajstić information content (AvgIpc) is 2.14. The number of nitriles is 1. The molecule has 0 aliphatic carbocycles. The maximum absolute atomic E-state index is 12.7. The van der Waals surface area contributed by atoms with Crippen LogP contribution in [0.2, 0.25) is 19.6 Å². The molecule has 0 amide bonds. The van der Waals surface area contributed by atoms with Gasteiger partial charge in [0.05, 0.1) is 6.07 Å². The van der Waals surface area contributed by atoms with Crippen LogP contribution in [0.3, 0.4) is 0 Å². The zero-order valence-electron chi connectivity index (χ0n) is 9.12. The molecule has 1 aromatic rings. The van der Waals surface area contributed by atoms with Gasteiger partial charge in [0.25, 0.3) is 0 Å². The number of benzene rings is 1. The van der Waals surface area contributed by atoms with Gasteiger partial charge in [-0.25, -0.2) is 4.39 Å². The van der Waals surface area contributed by atoms with Crippen molar-refractivity contribution in [3.05, 3.63) is 35.6 Å². The first-order valence-electron chi connectivity index (χ1n) is 4.75. The molecule has 1 rings (SSSR count). The van der Waals surface area contributed by atoms with Crippen molar-refractivity contribution in [1.82, 2.24) is 0 Å². The summed E-state index contributed by atoms with van der Waals surface area (Å²) in [5, 5.41) is 8.97. The topological polar surface area (TPSA) is 33.0 Å². The maximum Gasteiger partial charge on any atom is 0.186 e. The predicted molar refractivity (Wildman–Crippen MR) is 59.2 cm³/mol. The molecule has 15 heavy (non-hydrogen) atoms. The predicted octanol–water partition coefficient (Wildman–Crippen LogP) is 3.24. The van der Waals surface area contributed by atoms with E-state index in [1.165, 1.54) is 12.1 Å². The van der Waals surface area contributed by atoms with Crippen LogP contribution in [0.4, 0.5) is 4.39 Å². The van der Waals surface area contributed by atoms with Crippen molar-refractivity contribution in [3.63, 3.8) is 0 Å². The molecule has 4 heteroatoms. The van der Waals surface area contributed by atoms with Crippen molar-refractivity contribution in [1.29, 1.82) is 5.26 Å². The Hall–Kier alpha value is -1.18. The number of halogens is 1.